The normalized spacial score (nSPS) is 30.1. The first-order chi connectivity index (χ1) is 15.0. The number of amides is 1. The zero-order valence-corrected chi connectivity index (χ0v) is 17.3. The molecule has 3 unspecified atom stereocenters. The number of ether oxygens (including phenoxy) is 1. The van der Waals surface area contributed by atoms with E-state index >= 15 is 0 Å². The standard InChI is InChI=1S/C20H23N4O5P/c1-12-17(10-19(28-12)23-8-7-18(21-13(2)25)22-20(23)26)29-30-24-15(11-27-30)9-14-5-3-4-6-16(14)24/h3-8,12,15,17,19H,9-11H2,1-2H3,(H,21,22,25,26)/t12?,15-,17?,19?,30-/m1/s1/i1D. The van der Waals surface area contributed by atoms with Crippen molar-refractivity contribution in [1.29, 1.82) is 0 Å². The quantitative estimate of drug-likeness (QED) is 0.744. The molecule has 2 aromatic rings. The smallest absolute Gasteiger partial charge is 0.351 e. The molecule has 4 heterocycles. The van der Waals surface area contributed by atoms with Crippen LogP contribution in [0.15, 0.2) is 41.3 Å². The van der Waals surface area contributed by atoms with Crippen molar-refractivity contribution >= 4 is 25.9 Å². The van der Waals surface area contributed by atoms with Gasteiger partial charge in [0.2, 0.25) is 5.91 Å². The molecule has 30 heavy (non-hydrogen) atoms. The molecular weight excluding hydrogens is 407 g/mol. The average Bonchev–Trinajstić information content (AvgIpc) is 3.42. The van der Waals surface area contributed by atoms with Gasteiger partial charge in [0, 0.05) is 26.6 Å². The Kier molecular flexibility index (Phi) is 4.76. The van der Waals surface area contributed by atoms with Crippen LogP contribution in [0.2, 0.25) is 0 Å². The van der Waals surface area contributed by atoms with Gasteiger partial charge < -0.3 is 23.8 Å². The molecule has 5 atom stereocenters. The average molecular weight is 431 g/mol. The molecule has 1 aromatic heterocycles. The molecule has 0 spiro atoms. The lowest BCUT2D eigenvalue weighted by Gasteiger charge is -2.26. The molecule has 1 amide bonds. The molecular formula is C20H23N4O5P. The highest BCUT2D eigenvalue weighted by atomic mass is 31.2. The molecule has 0 aliphatic carbocycles. The summed E-state index contributed by atoms with van der Waals surface area (Å²) in [5, 5.41) is 2.49. The van der Waals surface area contributed by atoms with Gasteiger partial charge in [-0.2, -0.15) is 4.98 Å². The Balaban J connectivity index is 1.31. The second kappa shape index (κ2) is 7.74. The maximum atomic E-state index is 12.4. The summed E-state index contributed by atoms with van der Waals surface area (Å²) >= 11 is 0. The van der Waals surface area contributed by atoms with Crippen molar-refractivity contribution < 1.29 is 19.9 Å². The molecule has 158 valence electrons. The third-order valence-corrected chi connectivity index (χ3v) is 7.16. The molecule has 9 nitrogen and oxygen atoms in total. The summed E-state index contributed by atoms with van der Waals surface area (Å²) in [5.41, 5.74) is 1.90. The van der Waals surface area contributed by atoms with Gasteiger partial charge in [-0.25, -0.2) is 4.79 Å². The first kappa shape index (κ1) is 18.4. The number of carbonyl (C=O) groups is 1. The van der Waals surface area contributed by atoms with Gasteiger partial charge >= 0.3 is 5.69 Å². The summed E-state index contributed by atoms with van der Waals surface area (Å²) in [7, 11) is -1.31. The molecule has 0 saturated carbocycles. The van der Waals surface area contributed by atoms with E-state index in [9.17, 15) is 9.59 Å². The fraction of sp³-hybridized carbons (Fsp3) is 0.450. The molecule has 0 bridgehead atoms. The van der Waals surface area contributed by atoms with E-state index in [0.29, 0.717) is 13.0 Å². The minimum absolute atomic E-state index is 0.0104. The number of nitrogens with zero attached hydrogens (tertiary/aromatic N) is 3. The molecule has 2 fully saturated rings. The van der Waals surface area contributed by atoms with Gasteiger partial charge in [-0.3, -0.25) is 9.36 Å². The minimum Gasteiger partial charge on any atom is -0.352 e. The number of rotatable bonds is 4. The van der Waals surface area contributed by atoms with Crippen LogP contribution in [-0.4, -0.2) is 40.3 Å². The summed E-state index contributed by atoms with van der Waals surface area (Å²) < 4.78 is 29.8. The number of aromatic nitrogens is 2. The highest BCUT2D eigenvalue weighted by Crippen LogP contribution is 2.58. The number of nitrogens with one attached hydrogen (secondary N) is 1. The molecule has 3 aliphatic rings. The summed E-state index contributed by atoms with van der Waals surface area (Å²) in [5.74, 6) is -0.108. The maximum Gasteiger partial charge on any atom is 0.351 e. The summed E-state index contributed by atoms with van der Waals surface area (Å²) in [6.07, 6.45) is 1.44. The highest BCUT2D eigenvalue weighted by molar-refractivity contribution is 7.49. The van der Waals surface area contributed by atoms with Crippen molar-refractivity contribution in [1.82, 2.24) is 9.55 Å². The van der Waals surface area contributed by atoms with Gasteiger partial charge in [0.1, 0.15) is 12.0 Å². The number of fused-ring (bicyclic) bond motifs is 3. The van der Waals surface area contributed by atoms with Gasteiger partial charge in [0.05, 0.1) is 24.9 Å². The van der Waals surface area contributed by atoms with E-state index < -0.39 is 26.5 Å². The van der Waals surface area contributed by atoms with Crippen molar-refractivity contribution in [3.8, 4) is 0 Å². The van der Waals surface area contributed by atoms with Crippen molar-refractivity contribution in [2.24, 2.45) is 0 Å². The van der Waals surface area contributed by atoms with E-state index in [2.05, 4.69) is 27.1 Å². The number of anilines is 2. The molecule has 0 radical (unpaired) electrons. The van der Waals surface area contributed by atoms with Crippen molar-refractivity contribution in [3.05, 3.63) is 52.6 Å². The Hall–Kier alpha value is -2.32. The topological polar surface area (TPSA) is 94.9 Å². The van der Waals surface area contributed by atoms with Crippen LogP contribution in [-0.2, 0) is 25.0 Å². The molecule has 3 aliphatic heterocycles. The largest absolute Gasteiger partial charge is 0.352 e. The van der Waals surface area contributed by atoms with E-state index in [1.54, 1.807) is 12.3 Å². The lowest BCUT2D eigenvalue weighted by Crippen LogP contribution is -2.28. The number of hydrogen-bond acceptors (Lipinski definition) is 7. The van der Waals surface area contributed by atoms with E-state index in [1.807, 2.05) is 12.1 Å². The maximum absolute atomic E-state index is 12.4. The van der Waals surface area contributed by atoms with E-state index in [-0.39, 0.29) is 30.8 Å². The van der Waals surface area contributed by atoms with Crippen molar-refractivity contribution in [2.45, 2.75) is 51.1 Å². The van der Waals surface area contributed by atoms with Gasteiger partial charge in [0.15, 0.2) is 0 Å². The zero-order chi connectivity index (χ0) is 21.5. The van der Waals surface area contributed by atoms with Crippen LogP contribution < -0.4 is 15.7 Å². The number of hydrogen-bond donors (Lipinski definition) is 1. The molecule has 2 saturated heterocycles. The molecule has 10 heteroatoms. The lowest BCUT2D eigenvalue weighted by atomic mass is 10.1. The Morgan fingerprint density at radius 2 is 2.27 bits per heavy atom. The summed E-state index contributed by atoms with van der Waals surface area (Å²) in [4.78, 5) is 27.5. The van der Waals surface area contributed by atoms with Crippen LogP contribution in [0.25, 0.3) is 0 Å². The molecule has 5 rings (SSSR count). The fourth-order valence-electron chi connectivity index (χ4n) is 4.07. The van der Waals surface area contributed by atoms with Gasteiger partial charge in [0.25, 0.3) is 8.53 Å². The molecule has 1 N–H and O–H groups in total. The first-order valence-corrected chi connectivity index (χ1v) is 10.9. The summed E-state index contributed by atoms with van der Waals surface area (Å²) in [6, 6.07) is 10.1. The van der Waals surface area contributed by atoms with Crippen molar-refractivity contribution in [3.63, 3.8) is 0 Å². The second-order valence-electron chi connectivity index (χ2n) is 7.56. The lowest BCUT2D eigenvalue weighted by molar-refractivity contribution is -0.114. The first-order valence-electron chi connectivity index (χ1n) is 10.5. The van der Waals surface area contributed by atoms with Crippen LogP contribution in [0.3, 0.4) is 0 Å². The van der Waals surface area contributed by atoms with Crippen LogP contribution in [0.1, 0.15) is 33.4 Å². The minimum atomic E-state index is -1.31. The van der Waals surface area contributed by atoms with Gasteiger partial charge in [-0.1, -0.05) is 18.2 Å². The predicted molar refractivity (Wildman–Crippen MR) is 111 cm³/mol. The highest BCUT2D eigenvalue weighted by Gasteiger charge is 2.46. The Morgan fingerprint density at radius 1 is 1.40 bits per heavy atom. The van der Waals surface area contributed by atoms with Crippen LogP contribution in [0.4, 0.5) is 11.5 Å². The van der Waals surface area contributed by atoms with Crippen LogP contribution >= 0.6 is 8.53 Å². The molecule has 1 aromatic carbocycles. The predicted octanol–water partition coefficient (Wildman–Crippen LogP) is 2.58. The summed E-state index contributed by atoms with van der Waals surface area (Å²) in [6.45, 7) is 1.97. The second-order valence-corrected chi connectivity index (χ2v) is 8.93. The third-order valence-electron chi connectivity index (χ3n) is 5.44. The van der Waals surface area contributed by atoms with Crippen LogP contribution in [0, 0.1) is 0 Å². The zero-order valence-electron chi connectivity index (χ0n) is 17.4. The number of para-hydroxylation sites is 1. The van der Waals surface area contributed by atoms with Gasteiger partial charge in [-0.15, -0.1) is 0 Å². The Bertz CT molecular complexity index is 1050. The fourth-order valence-corrected chi connectivity index (χ4v) is 5.90. The van der Waals surface area contributed by atoms with Crippen molar-refractivity contribution in [2.75, 3.05) is 16.6 Å². The van der Waals surface area contributed by atoms with Gasteiger partial charge in [-0.05, 0) is 31.0 Å². The SMILES string of the molecule is [2H]CC1OC(n2ccc(NC(C)=O)nc2=O)CC1O[P@@]1OC[C@H]2Cc3ccccc3N21. The monoisotopic (exact) mass is 431 g/mol. The Morgan fingerprint density at radius 3 is 3.07 bits per heavy atom. The third kappa shape index (κ3) is 3.52. The van der Waals surface area contributed by atoms with Crippen LogP contribution in [0.5, 0.6) is 0 Å². The van der Waals surface area contributed by atoms with E-state index in [0.717, 1.165) is 12.1 Å². The number of carbonyl (C=O) groups excluding carboxylic acids is 1. The van der Waals surface area contributed by atoms with E-state index in [1.165, 1.54) is 17.1 Å². The Labute approximate surface area is 176 Å². The van der Waals surface area contributed by atoms with E-state index in [4.69, 9.17) is 15.2 Å². The number of benzene rings is 1.